The normalized spacial score (nSPS) is 12.7. The van der Waals surface area contributed by atoms with E-state index in [1.54, 1.807) is 6.07 Å². The minimum atomic E-state index is -0.642. The lowest BCUT2D eigenvalue weighted by molar-refractivity contribution is 0.0644. The maximum absolute atomic E-state index is 12.9. The zero-order valence-corrected chi connectivity index (χ0v) is 9.11. The standard InChI is InChI=1S/C11H16FNO3/c1-16-7-9(14)6-13-5-8-3-2-4-10(12)11(8)15/h2-4,9,13-15H,5-7H2,1H3. The van der Waals surface area contributed by atoms with Crippen molar-refractivity contribution in [2.24, 2.45) is 0 Å². The number of nitrogens with one attached hydrogen (secondary N) is 1. The van der Waals surface area contributed by atoms with Gasteiger partial charge >= 0.3 is 0 Å². The van der Waals surface area contributed by atoms with Crippen LogP contribution in [-0.4, -0.2) is 36.6 Å². The highest BCUT2D eigenvalue weighted by Crippen LogP contribution is 2.20. The zero-order valence-electron chi connectivity index (χ0n) is 9.11. The molecule has 0 aliphatic heterocycles. The van der Waals surface area contributed by atoms with E-state index in [2.05, 4.69) is 5.32 Å². The van der Waals surface area contributed by atoms with Crippen LogP contribution in [0.1, 0.15) is 5.56 Å². The molecule has 0 spiro atoms. The average molecular weight is 229 g/mol. The molecule has 0 aromatic heterocycles. The maximum Gasteiger partial charge on any atom is 0.165 e. The van der Waals surface area contributed by atoms with E-state index < -0.39 is 11.9 Å². The third-order valence-corrected chi connectivity index (χ3v) is 2.12. The molecule has 0 radical (unpaired) electrons. The first-order valence-electron chi connectivity index (χ1n) is 4.99. The van der Waals surface area contributed by atoms with Gasteiger partial charge in [-0.2, -0.15) is 0 Å². The predicted octanol–water partition coefficient (Wildman–Crippen LogP) is 0.628. The molecule has 0 saturated carbocycles. The van der Waals surface area contributed by atoms with Crippen LogP contribution in [0.4, 0.5) is 4.39 Å². The summed E-state index contributed by atoms with van der Waals surface area (Å²) >= 11 is 0. The molecular formula is C11H16FNO3. The molecule has 1 unspecified atom stereocenters. The number of rotatable bonds is 6. The first kappa shape index (κ1) is 12.9. The summed E-state index contributed by atoms with van der Waals surface area (Å²) < 4.78 is 17.7. The first-order valence-corrected chi connectivity index (χ1v) is 4.99. The van der Waals surface area contributed by atoms with E-state index in [-0.39, 0.29) is 12.4 Å². The third kappa shape index (κ3) is 3.77. The van der Waals surface area contributed by atoms with Gasteiger partial charge in [-0.1, -0.05) is 12.1 Å². The summed E-state index contributed by atoms with van der Waals surface area (Å²) in [6.07, 6.45) is -0.610. The molecule has 1 aromatic rings. The first-order chi connectivity index (χ1) is 7.65. The van der Waals surface area contributed by atoms with E-state index in [0.29, 0.717) is 18.7 Å². The maximum atomic E-state index is 12.9. The minimum absolute atomic E-state index is 0.238. The molecule has 90 valence electrons. The molecule has 0 bridgehead atoms. The molecule has 5 heteroatoms. The van der Waals surface area contributed by atoms with Crippen LogP contribution in [0.5, 0.6) is 5.75 Å². The SMILES string of the molecule is COCC(O)CNCc1cccc(F)c1O. The van der Waals surface area contributed by atoms with Gasteiger partial charge in [0, 0.05) is 25.8 Å². The van der Waals surface area contributed by atoms with Gasteiger partial charge in [-0.3, -0.25) is 0 Å². The highest BCUT2D eigenvalue weighted by molar-refractivity contribution is 5.33. The van der Waals surface area contributed by atoms with Crippen LogP contribution in [0.2, 0.25) is 0 Å². The van der Waals surface area contributed by atoms with E-state index in [0.717, 1.165) is 0 Å². The van der Waals surface area contributed by atoms with Crippen LogP contribution in [0, 0.1) is 5.82 Å². The van der Waals surface area contributed by atoms with Crippen molar-refractivity contribution in [1.29, 1.82) is 0 Å². The Morgan fingerprint density at radius 2 is 2.25 bits per heavy atom. The fourth-order valence-corrected chi connectivity index (χ4v) is 1.33. The van der Waals surface area contributed by atoms with Crippen LogP contribution in [0.3, 0.4) is 0 Å². The molecular weight excluding hydrogens is 213 g/mol. The Morgan fingerprint density at radius 3 is 2.94 bits per heavy atom. The lowest BCUT2D eigenvalue weighted by Crippen LogP contribution is -2.29. The minimum Gasteiger partial charge on any atom is -0.505 e. The van der Waals surface area contributed by atoms with Crippen molar-refractivity contribution >= 4 is 0 Å². The molecule has 0 aliphatic carbocycles. The van der Waals surface area contributed by atoms with E-state index >= 15 is 0 Å². The zero-order chi connectivity index (χ0) is 12.0. The molecule has 0 saturated heterocycles. The second-order valence-corrected chi connectivity index (χ2v) is 3.49. The number of aliphatic hydroxyl groups is 1. The number of halogens is 1. The van der Waals surface area contributed by atoms with E-state index in [4.69, 9.17) is 4.74 Å². The number of phenolic OH excluding ortho intramolecular Hbond substituents is 1. The Morgan fingerprint density at radius 1 is 1.50 bits per heavy atom. The van der Waals surface area contributed by atoms with Gasteiger partial charge in [0.05, 0.1) is 12.7 Å². The van der Waals surface area contributed by atoms with Crippen molar-refractivity contribution in [1.82, 2.24) is 5.32 Å². The van der Waals surface area contributed by atoms with Crippen LogP contribution < -0.4 is 5.32 Å². The van der Waals surface area contributed by atoms with Crippen molar-refractivity contribution in [2.45, 2.75) is 12.6 Å². The van der Waals surface area contributed by atoms with Crippen LogP contribution in [0.25, 0.3) is 0 Å². The number of aromatic hydroxyl groups is 1. The summed E-state index contributed by atoms with van der Waals surface area (Å²) in [5.41, 5.74) is 0.463. The highest BCUT2D eigenvalue weighted by Gasteiger charge is 2.07. The Kier molecular flexibility index (Phi) is 5.18. The molecule has 3 N–H and O–H groups in total. The summed E-state index contributed by atoms with van der Waals surface area (Å²) in [6, 6.07) is 4.34. The van der Waals surface area contributed by atoms with Crippen molar-refractivity contribution < 1.29 is 19.3 Å². The number of para-hydroxylation sites is 1. The second-order valence-electron chi connectivity index (χ2n) is 3.49. The summed E-state index contributed by atoms with van der Waals surface area (Å²) in [5, 5.41) is 21.6. The number of hydrogen-bond acceptors (Lipinski definition) is 4. The van der Waals surface area contributed by atoms with Crippen molar-refractivity contribution in [3.05, 3.63) is 29.6 Å². The van der Waals surface area contributed by atoms with Crippen LogP contribution in [0.15, 0.2) is 18.2 Å². The largest absolute Gasteiger partial charge is 0.505 e. The number of phenols is 1. The molecule has 16 heavy (non-hydrogen) atoms. The van der Waals surface area contributed by atoms with Gasteiger partial charge < -0.3 is 20.3 Å². The van der Waals surface area contributed by atoms with Gasteiger partial charge in [-0.15, -0.1) is 0 Å². The summed E-state index contributed by atoms with van der Waals surface area (Å²) in [4.78, 5) is 0. The smallest absolute Gasteiger partial charge is 0.165 e. The third-order valence-electron chi connectivity index (χ3n) is 2.12. The van der Waals surface area contributed by atoms with E-state index in [9.17, 15) is 14.6 Å². The van der Waals surface area contributed by atoms with Crippen molar-refractivity contribution in [3.63, 3.8) is 0 Å². The van der Waals surface area contributed by atoms with E-state index in [1.165, 1.54) is 19.2 Å². The number of aliphatic hydroxyl groups excluding tert-OH is 1. The Balaban J connectivity index is 2.40. The topological polar surface area (TPSA) is 61.7 Å². The van der Waals surface area contributed by atoms with Gasteiger partial charge in [0.25, 0.3) is 0 Å². The average Bonchev–Trinajstić information content (AvgIpc) is 2.25. The molecule has 0 amide bonds. The molecule has 0 aliphatic rings. The lowest BCUT2D eigenvalue weighted by Gasteiger charge is -2.11. The highest BCUT2D eigenvalue weighted by atomic mass is 19.1. The van der Waals surface area contributed by atoms with Crippen LogP contribution in [-0.2, 0) is 11.3 Å². The van der Waals surface area contributed by atoms with Gasteiger partial charge in [-0.25, -0.2) is 4.39 Å². The Hall–Kier alpha value is -1.17. The van der Waals surface area contributed by atoms with Gasteiger partial charge in [-0.05, 0) is 6.07 Å². The molecule has 1 atom stereocenters. The number of methoxy groups -OCH3 is 1. The molecule has 1 aromatic carbocycles. The molecule has 0 heterocycles. The molecule has 4 nitrogen and oxygen atoms in total. The van der Waals surface area contributed by atoms with Gasteiger partial charge in [0.15, 0.2) is 11.6 Å². The predicted molar refractivity (Wildman–Crippen MR) is 57.7 cm³/mol. The van der Waals surface area contributed by atoms with Gasteiger partial charge in [0.2, 0.25) is 0 Å². The second kappa shape index (κ2) is 6.42. The number of benzene rings is 1. The fraction of sp³-hybridized carbons (Fsp3) is 0.455. The summed E-state index contributed by atoms with van der Waals surface area (Å²) in [5.74, 6) is -0.993. The lowest BCUT2D eigenvalue weighted by atomic mass is 10.2. The monoisotopic (exact) mass is 229 g/mol. The molecule has 0 fully saturated rings. The fourth-order valence-electron chi connectivity index (χ4n) is 1.33. The Labute approximate surface area is 93.7 Å². The molecule has 1 rings (SSSR count). The van der Waals surface area contributed by atoms with Crippen LogP contribution >= 0.6 is 0 Å². The summed E-state index contributed by atoms with van der Waals surface area (Å²) in [7, 11) is 1.50. The Bertz CT molecular complexity index is 333. The van der Waals surface area contributed by atoms with Gasteiger partial charge in [0.1, 0.15) is 0 Å². The number of hydrogen-bond donors (Lipinski definition) is 3. The van der Waals surface area contributed by atoms with Crippen molar-refractivity contribution in [3.8, 4) is 5.75 Å². The van der Waals surface area contributed by atoms with Crippen molar-refractivity contribution in [2.75, 3.05) is 20.3 Å². The number of ether oxygens (including phenoxy) is 1. The quantitative estimate of drug-likeness (QED) is 0.669. The summed E-state index contributed by atoms with van der Waals surface area (Å²) in [6.45, 7) is 0.857. The van der Waals surface area contributed by atoms with E-state index in [1.807, 2.05) is 0 Å².